The van der Waals surface area contributed by atoms with Crippen molar-refractivity contribution in [3.63, 3.8) is 0 Å². The molecule has 0 atom stereocenters. The molecule has 2 aliphatic heterocycles. The summed E-state index contributed by atoms with van der Waals surface area (Å²) in [4.78, 5) is 38.6. The summed E-state index contributed by atoms with van der Waals surface area (Å²) in [6.07, 6.45) is 8.88. The third-order valence-electron chi connectivity index (χ3n) is 5.17. The molecule has 10 heteroatoms. The number of piperidine rings is 1. The van der Waals surface area contributed by atoms with Gasteiger partial charge in [-0.1, -0.05) is 0 Å². The summed E-state index contributed by atoms with van der Waals surface area (Å²) in [6, 6.07) is 3.54. The molecular weight excluding hydrogens is 402 g/mol. The smallest absolute Gasteiger partial charge is 0.290 e. The van der Waals surface area contributed by atoms with Crippen LogP contribution in [-0.4, -0.2) is 45.7 Å². The fraction of sp³-hybridized carbons (Fsp3) is 0.350. The molecule has 0 unspecified atom stereocenters. The molecule has 2 aromatic heterocycles. The van der Waals surface area contributed by atoms with E-state index in [4.69, 9.17) is 5.73 Å². The SMILES string of the molecule is Nc1ccncc1CNCC1CCN(c2nccc(/C=C3/SC(=O)NC3=O)n2)CC1. The summed E-state index contributed by atoms with van der Waals surface area (Å²) < 4.78 is 0. The molecule has 0 aliphatic carbocycles. The first-order valence-corrected chi connectivity index (χ1v) is 10.6. The van der Waals surface area contributed by atoms with E-state index in [1.807, 2.05) is 6.07 Å². The molecule has 2 amide bonds. The summed E-state index contributed by atoms with van der Waals surface area (Å²) >= 11 is 0.886. The fourth-order valence-corrected chi connectivity index (χ4v) is 4.15. The summed E-state index contributed by atoms with van der Waals surface area (Å²) in [5.41, 5.74) is 8.35. The van der Waals surface area contributed by atoms with Gasteiger partial charge in [-0.05, 0) is 55.3 Å². The van der Waals surface area contributed by atoms with E-state index < -0.39 is 0 Å². The number of hydrogen-bond donors (Lipinski definition) is 3. The number of rotatable bonds is 6. The minimum Gasteiger partial charge on any atom is -0.398 e. The Morgan fingerprint density at radius 2 is 2.10 bits per heavy atom. The average Bonchev–Trinajstić information content (AvgIpc) is 3.07. The summed E-state index contributed by atoms with van der Waals surface area (Å²) in [6.45, 7) is 3.38. The van der Waals surface area contributed by atoms with E-state index in [0.29, 0.717) is 29.0 Å². The number of aromatic nitrogens is 3. The maximum atomic E-state index is 11.7. The Kier molecular flexibility index (Phi) is 6.24. The van der Waals surface area contributed by atoms with Crippen molar-refractivity contribution in [3.05, 3.63) is 46.9 Å². The van der Waals surface area contributed by atoms with Crippen LogP contribution in [0, 0.1) is 5.92 Å². The largest absolute Gasteiger partial charge is 0.398 e. The van der Waals surface area contributed by atoms with Gasteiger partial charge in [0.15, 0.2) is 0 Å². The van der Waals surface area contributed by atoms with Gasteiger partial charge in [-0.2, -0.15) is 0 Å². The molecule has 0 saturated carbocycles. The van der Waals surface area contributed by atoms with Gasteiger partial charge in [-0.25, -0.2) is 9.97 Å². The number of anilines is 2. The van der Waals surface area contributed by atoms with Gasteiger partial charge in [0.05, 0.1) is 10.6 Å². The van der Waals surface area contributed by atoms with Gasteiger partial charge in [0, 0.05) is 49.5 Å². The Balaban J connectivity index is 1.29. The number of nitrogens with one attached hydrogen (secondary N) is 2. The molecular formula is C20H23N7O2S. The Morgan fingerprint density at radius 3 is 2.83 bits per heavy atom. The van der Waals surface area contributed by atoms with Crippen LogP contribution in [0.5, 0.6) is 0 Å². The monoisotopic (exact) mass is 425 g/mol. The average molecular weight is 426 g/mol. The topological polar surface area (TPSA) is 126 Å². The Labute approximate surface area is 178 Å². The molecule has 2 fully saturated rings. The van der Waals surface area contributed by atoms with Crippen molar-refractivity contribution in [2.24, 2.45) is 5.92 Å². The normalized spacial score (nSPS) is 18.8. The number of carbonyl (C=O) groups excluding carboxylic acids is 2. The molecule has 0 bridgehead atoms. The second-order valence-electron chi connectivity index (χ2n) is 7.27. The fourth-order valence-electron chi connectivity index (χ4n) is 3.48. The number of nitrogens with two attached hydrogens (primary N) is 1. The Morgan fingerprint density at radius 1 is 1.27 bits per heavy atom. The molecule has 4 N–H and O–H groups in total. The molecule has 9 nitrogen and oxygen atoms in total. The van der Waals surface area contributed by atoms with Gasteiger partial charge >= 0.3 is 0 Å². The van der Waals surface area contributed by atoms with Gasteiger partial charge in [0.1, 0.15) is 0 Å². The highest BCUT2D eigenvalue weighted by Crippen LogP contribution is 2.26. The van der Waals surface area contributed by atoms with E-state index in [-0.39, 0.29) is 11.1 Å². The van der Waals surface area contributed by atoms with Gasteiger partial charge in [0.25, 0.3) is 11.1 Å². The summed E-state index contributed by atoms with van der Waals surface area (Å²) in [5, 5.41) is 5.37. The number of nitrogen functional groups attached to an aromatic ring is 1. The van der Waals surface area contributed by atoms with Crippen molar-refractivity contribution in [1.82, 2.24) is 25.6 Å². The lowest BCUT2D eigenvalue weighted by Gasteiger charge is -2.32. The van der Waals surface area contributed by atoms with Crippen LogP contribution in [0.4, 0.5) is 16.4 Å². The lowest BCUT2D eigenvalue weighted by Crippen LogP contribution is -2.38. The molecule has 0 radical (unpaired) electrons. The van der Waals surface area contributed by atoms with Crippen molar-refractivity contribution < 1.29 is 9.59 Å². The first-order chi connectivity index (χ1) is 14.6. The van der Waals surface area contributed by atoms with Crippen LogP contribution in [0.2, 0.25) is 0 Å². The molecule has 0 spiro atoms. The van der Waals surface area contributed by atoms with E-state index in [9.17, 15) is 9.59 Å². The van der Waals surface area contributed by atoms with Gasteiger partial charge in [-0.15, -0.1) is 0 Å². The zero-order chi connectivity index (χ0) is 20.9. The van der Waals surface area contributed by atoms with Gasteiger partial charge in [0.2, 0.25) is 5.95 Å². The zero-order valence-electron chi connectivity index (χ0n) is 16.4. The van der Waals surface area contributed by atoms with E-state index in [1.54, 1.807) is 30.7 Å². The number of imide groups is 1. The van der Waals surface area contributed by atoms with Crippen molar-refractivity contribution in [1.29, 1.82) is 0 Å². The predicted molar refractivity (Wildman–Crippen MR) is 116 cm³/mol. The second-order valence-corrected chi connectivity index (χ2v) is 8.28. The molecule has 0 aromatic carbocycles. The van der Waals surface area contributed by atoms with Gasteiger partial charge < -0.3 is 16.0 Å². The molecule has 4 heterocycles. The van der Waals surface area contributed by atoms with Crippen molar-refractivity contribution in [2.75, 3.05) is 30.3 Å². The van der Waals surface area contributed by atoms with Crippen LogP contribution >= 0.6 is 11.8 Å². The number of hydrogen-bond acceptors (Lipinski definition) is 9. The number of carbonyl (C=O) groups is 2. The highest BCUT2D eigenvalue weighted by Gasteiger charge is 2.25. The van der Waals surface area contributed by atoms with Crippen LogP contribution in [-0.2, 0) is 11.3 Å². The van der Waals surface area contributed by atoms with Crippen LogP contribution in [0.3, 0.4) is 0 Å². The van der Waals surface area contributed by atoms with Crippen molar-refractivity contribution in [3.8, 4) is 0 Å². The molecule has 2 aromatic rings. The number of nitrogens with zero attached hydrogens (tertiary/aromatic N) is 4. The van der Waals surface area contributed by atoms with Crippen LogP contribution in [0.25, 0.3) is 6.08 Å². The van der Waals surface area contributed by atoms with E-state index in [1.165, 1.54) is 0 Å². The maximum Gasteiger partial charge on any atom is 0.290 e. The zero-order valence-corrected chi connectivity index (χ0v) is 17.2. The molecule has 30 heavy (non-hydrogen) atoms. The standard InChI is InChI=1S/C20H23N7O2S/c21-16-2-5-22-11-14(16)12-23-10-13-3-7-27(8-4-13)19-24-6-1-15(25-19)9-17-18(28)26-20(29)30-17/h1-2,5-6,9,11,13,23H,3-4,7-8,10,12H2,(H2,21,22)(H,26,28,29)/b17-9+. The van der Waals surface area contributed by atoms with Crippen molar-refractivity contribution >= 4 is 40.6 Å². The number of pyridine rings is 1. The number of thioether (sulfide) groups is 1. The molecule has 2 saturated heterocycles. The molecule has 156 valence electrons. The van der Waals surface area contributed by atoms with Crippen LogP contribution < -0.4 is 21.3 Å². The Bertz CT molecular complexity index is 973. The highest BCUT2D eigenvalue weighted by atomic mass is 32.2. The van der Waals surface area contributed by atoms with E-state index in [2.05, 4.69) is 30.5 Å². The third-order valence-corrected chi connectivity index (χ3v) is 5.98. The third kappa shape index (κ3) is 4.95. The first kappa shape index (κ1) is 20.3. The maximum absolute atomic E-state index is 11.7. The van der Waals surface area contributed by atoms with Crippen LogP contribution in [0.1, 0.15) is 24.1 Å². The summed E-state index contributed by atoms with van der Waals surface area (Å²) in [7, 11) is 0. The lowest BCUT2D eigenvalue weighted by molar-refractivity contribution is -0.115. The predicted octanol–water partition coefficient (Wildman–Crippen LogP) is 1.78. The molecule has 4 rings (SSSR count). The van der Waals surface area contributed by atoms with Crippen LogP contribution in [0.15, 0.2) is 35.6 Å². The lowest BCUT2D eigenvalue weighted by atomic mass is 9.97. The minimum absolute atomic E-state index is 0.351. The number of amides is 2. The van der Waals surface area contributed by atoms with Gasteiger partial charge in [-0.3, -0.25) is 19.9 Å². The highest BCUT2D eigenvalue weighted by molar-refractivity contribution is 8.18. The molecule has 2 aliphatic rings. The quantitative estimate of drug-likeness (QED) is 0.594. The van der Waals surface area contributed by atoms with E-state index >= 15 is 0 Å². The van der Waals surface area contributed by atoms with E-state index in [0.717, 1.165) is 55.5 Å². The minimum atomic E-state index is -0.383. The Hall–Kier alpha value is -2.98. The second kappa shape index (κ2) is 9.23. The summed E-state index contributed by atoms with van der Waals surface area (Å²) in [5.74, 6) is 0.842. The van der Waals surface area contributed by atoms with Crippen molar-refractivity contribution in [2.45, 2.75) is 19.4 Å². The first-order valence-electron chi connectivity index (χ1n) is 9.80.